The highest BCUT2D eigenvalue weighted by molar-refractivity contribution is 5.91. The normalized spacial score (nSPS) is 11.1. The van der Waals surface area contributed by atoms with Gasteiger partial charge in [-0.15, -0.1) is 0 Å². The number of rotatable bonds is 3. The zero-order valence-corrected chi connectivity index (χ0v) is 10.4. The third-order valence-corrected chi connectivity index (χ3v) is 2.45. The first-order valence-electron chi connectivity index (χ1n) is 5.81. The minimum atomic E-state index is -0.0636. The van der Waals surface area contributed by atoms with Gasteiger partial charge in [-0.05, 0) is 24.1 Å². The number of carbonyl (C=O) groups excluding carboxylic acids is 1. The number of carbonyl (C=O) groups is 1. The van der Waals surface area contributed by atoms with Gasteiger partial charge in [0, 0.05) is 19.0 Å². The molecule has 0 aliphatic rings. The van der Waals surface area contributed by atoms with E-state index in [1.807, 2.05) is 18.2 Å². The lowest BCUT2D eigenvalue weighted by molar-refractivity contribution is -0.114. The SMILES string of the molecule is CC(=O)Nc1ccc2nc(CC(C)C)[nH]c2c1. The number of imidazole rings is 1. The lowest BCUT2D eigenvalue weighted by Crippen LogP contribution is -2.05. The number of fused-ring (bicyclic) bond motifs is 1. The third-order valence-electron chi connectivity index (χ3n) is 2.45. The zero-order valence-electron chi connectivity index (χ0n) is 10.4. The molecule has 1 heterocycles. The summed E-state index contributed by atoms with van der Waals surface area (Å²) in [5.41, 5.74) is 2.70. The van der Waals surface area contributed by atoms with Crippen molar-refractivity contribution in [3.63, 3.8) is 0 Å². The van der Waals surface area contributed by atoms with Crippen molar-refractivity contribution in [2.45, 2.75) is 27.2 Å². The number of anilines is 1. The molecule has 0 radical (unpaired) electrons. The maximum Gasteiger partial charge on any atom is 0.221 e. The summed E-state index contributed by atoms with van der Waals surface area (Å²) in [6.45, 7) is 5.83. The Morgan fingerprint density at radius 3 is 2.88 bits per heavy atom. The Labute approximate surface area is 100 Å². The molecule has 1 amide bonds. The molecule has 90 valence electrons. The summed E-state index contributed by atoms with van der Waals surface area (Å²) in [6, 6.07) is 5.69. The van der Waals surface area contributed by atoms with Crippen LogP contribution < -0.4 is 5.32 Å². The van der Waals surface area contributed by atoms with Crippen molar-refractivity contribution in [2.75, 3.05) is 5.32 Å². The van der Waals surface area contributed by atoms with E-state index in [0.717, 1.165) is 29.0 Å². The van der Waals surface area contributed by atoms with Crippen LogP contribution in [-0.2, 0) is 11.2 Å². The Morgan fingerprint density at radius 2 is 2.24 bits per heavy atom. The number of hydrogen-bond acceptors (Lipinski definition) is 2. The highest BCUT2D eigenvalue weighted by atomic mass is 16.1. The Morgan fingerprint density at radius 1 is 1.47 bits per heavy atom. The van der Waals surface area contributed by atoms with Gasteiger partial charge in [0.1, 0.15) is 5.82 Å². The van der Waals surface area contributed by atoms with Crippen LogP contribution in [0.5, 0.6) is 0 Å². The highest BCUT2D eigenvalue weighted by Crippen LogP contribution is 2.18. The molecule has 0 bridgehead atoms. The van der Waals surface area contributed by atoms with Crippen LogP contribution in [0.1, 0.15) is 26.6 Å². The van der Waals surface area contributed by atoms with Gasteiger partial charge in [-0.3, -0.25) is 4.79 Å². The van der Waals surface area contributed by atoms with Crippen molar-refractivity contribution in [2.24, 2.45) is 5.92 Å². The first kappa shape index (κ1) is 11.6. The lowest BCUT2D eigenvalue weighted by atomic mass is 10.1. The van der Waals surface area contributed by atoms with Gasteiger partial charge in [0.25, 0.3) is 0 Å². The molecule has 0 aliphatic heterocycles. The van der Waals surface area contributed by atoms with Crippen LogP contribution in [0.4, 0.5) is 5.69 Å². The van der Waals surface area contributed by atoms with Crippen molar-refractivity contribution in [3.05, 3.63) is 24.0 Å². The maximum atomic E-state index is 11.0. The van der Waals surface area contributed by atoms with Crippen molar-refractivity contribution >= 4 is 22.6 Å². The summed E-state index contributed by atoms with van der Waals surface area (Å²) in [5, 5.41) is 2.76. The average Bonchev–Trinajstić information content (AvgIpc) is 2.56. The molecule has 17 heavy (non-hydrogen) atoms. The number of aromatic nitrogens is 2. The highest BCUT2D eigenvalue weighted by Gasteiger charge is 2.05. The predicted octanol–water partition coefficient (Wildman–Crippen LogP) is 2.72. The quantitative estimate of drug-likeness (QED) is 0.853. The molecule has 0 fully saturated rings. The molecule has 2 rings (SSSR count). The summed E-state index contributed by atoms with van der Waals surface area (Å²) < 4.78 is 0. The molecular weight excluding hydrogens is 214 g/mol. The van der Waals surface area contributed by atoms with E-state index in [9.17, 15) is 4.79 Å². The fourth-order valence-electron chi connectivity index (χ4n) is 1.83. The molecule has 2 N–H and O–H groups in total. The summed E-state index contributed by atoms with van der Waals surface area (Å²) in [4.78, 5) is 18.7. The van der Waals surface area contributed by atoms with E-state index in [-0.39, 0.29) is 5.91 Å². The monoisotopic (exact) mass is 231 g/mol. The predicted molar refractivity (Wildman–Crippen MR) is 68.9 cm³/mol. The second kappa shape index (κ2) is 4.57. The van der Waals surface area contributed by atoms with Crippen LogP contribution in [0.3, 0.4) is 0 Å². The van der Waals surface area contributed by atoms with E-state index < -0.39 is 0 Å². The fraction of sp³-hybridized carbons (Fsp3) is 0.385. The molecule has 0 aliphatic carbocycles. The van der Waals surface area contributed by atoms with Gasteiger partial charge in [0.2, 0.25) is 5.91 Å². The van der Waals surface area contributed by atoms with Crippen molar-refractivity contribution < 1.29 is 4.79 Å². The lowest BCUT2D eigenvalue weighted by Gasteiger charge is -2.00. The van der Waals surface area contributed by atoms with E-state index in [1.54, 1.807) is 0 Å². The Hall–Kier alpha value is -1.84. The maximum absolute atomic E-state index is 11.0. The van der Waals surface area contributed by atoms with Gasteiger partial charge in [0.15, 0.2) is 0 Å². The van der Waals surface area contributed by atoms with Crippen molar-refractivity contribution in [1.82, 2.24) is 9.97 Å². The molecule has 0 saturated heterocycles. The van der Waals surface area contributed by atoms with Gasteiger partial charge < -0.3 is 10.3 Å². The topological polar surface area (TPSA) is 57.8 Å². The number of hydrogen-bond donors (Lipinski definition) is 2. The molecular formula is C13H17N3O. The summed E-state index contributed by atoms with van der Waals surface area (Å²) in [5.74, 6) is 1.51. The van der Waals surface area contributed by atoms with Crippen LogP contribution in [-0.4, -0.2) is 15.9 Å². The first-order valence-corrected chi connectivity index (χ1v) is 5.81. The third kappa shape index (κ3) is 2.84. The van der Waals surface area contributed by atoms with E-state index in [2.05, 4.69) is 29.1 Å². The van der Waals surface area contributed by atoms with E-state index in [1.165, 1.54) is 6.92 Å². The van der Waals surface area contributed by atoms with Crippen LogP contribution in [0, 0.1) is 5.92 Å². The van der Waals surface area contributed by atoms with Gasteiger partial charge in [-0.25, -0.2) is 4.98 Å². The number of nitrogens with zero attached hydrogens (tertiary/aromatic N) is 1. The van der Waals surface area contributed by atoms with Crippen LogP contribution in [0.15, 0.2) is 18.2 Å². The molecule has 2 aromatic rings. The van der Waals surface area contributed by atoms with Crippen molar-refractivity contribution in [3.8, 4) is 0 Å². The summed E-state index contributed by atoms with van der Waals surface area (Å²) in [6.07, 6.45) is 0.935. The van der Waals surface area contributed by atoms with Crippen LogP contribution >= 0.6 is 0 Å². The molecule has 0 atom stereocenters. The molecule has 0 unspecified atom stereocenters. The molecule has 0 spiro atoms. The fourth-order valence-corrected chi connectivity index (χ4v) is 1.83. The molecule has 1 aromatic carbocycles. The Kier molecular flexibility index (Phi) is 3.13. The van der Waals surface area contributed by atoms with E-state index >= 15 is 0 Å². The number of nitrogens with one attached hydrogen (secondary N) is 2. The van der Waals surface area contributed by atoms with Gasteiger partial charge in [-0.1, -0.05) is 13.8 Å². The first-order chi connectivity index (χ1) is 8.04. The second-order valence-electron chi connectivity index (χ2n) is 4.69. The van der Waals surface area contributed by atoms with E-state index in [4.69, 9.17) is 0 Å². The van der Waals surface area contributed by atoms with Crippen LogP contribution in [0.25, 0.3) is 11.0 Å². The number of amides is 1. The van der Waals surface area contributed by atoms with Gasteiger partial charge >= 0.3 is 0 Å². The molecule has 1 aromatic heterocycles. The van der Waals surface area contributed by atoms with Gasteiger partial charge in [0.05, 0.1) is 11.0 Å². The number of benzene rings is 1. The molecule has 4 heteroatoms. The van der Waals surface area contributed by atoms with E-state index in [0.29, 0.717) is 5.92 Å². The van der Waals surface area contributed by atoms with Crippen molar-refractivity contribution in [1.29, 1.82) is 0 Å². The smallest absolute Gasteiger partial charge is 0.221 e. The largest absolute Gasteiger partial charge is 0.342 e. The second-order valence-corrected chi connectivity index (χ2v) is 4.69. The summed E-state index contributed by atoms with van der Waals surface area (Å²) in [7, 11) is 0. The number of H-pyrrole nitrogens is 1. The summed E-state index contributed by atoms with van der Waals surface area (Å²) >= 11 is 0. The zero-order chi connectivity index (χ0) is 12.4. The average molecular weight is 231 g/mol. The standard InChI is InChI=1S/C13H17N3O/c1-8(2)6-13-15-11-5-4-10(14-9(3)17)7-12(11)16-13/h4-5,7-8H,6H2,1-3H3,(H,14,17)(H,15,16). The minimum absolute atomic E-state index is 0.0636. The minimum Gasteiger partial charge on any atom is -0.342 e. The Balaban J connectivity index is 2.30. The molecule has 0 saturated carbocycles. The van der Waals surface area contributed by atoms with Crippen LogP contribution in [0.2, 0.25) is 0 Å². The molecule has 4 nitrogen and oxygen atoms in total. The Bertz CT molecular complexity index is 543. The number of aromatic amines is 1. The van der Waals surface area contributed by atoms with Gasteiger partial charge in [-0.2, -0.15) is 0 Å².